The number of nitrogens with one attached hydrogen (secondary N) is 1. The largest absolute Gasteiger partial charge is 0.496 e. The summed E-state index contributed by atoms with van der Waals surface area (Å²) in [7, 11) is 3.29. The molecule has 44 heavy (non-hydrogen) atoms. The van der Waals surface area contributed by atoms with Crippen LogP contribution in [-0.4, -0.2) is 79.8 Å². The third kappa shape index (κ3) is 5.75. The molecule has 1 aliphatic rings. The number of benzene rings is 3. The van der Waals surface area contributed by atoms with Crippen LogP contribution in [0.25, 0.3) is 16.9 Å². The number of anilines is 2. The number of para-hydroxylation sites is 1. The van der Waals surface area contributed by atoms with Gasteiger partial charge < -0.3 is 19.9 Å². The predicted molar refractivity (Wildman–Crippen MR) is 170 cm³/mol. The van der Waals surface area contributed by atoms with E-state index in [-0.39, 0.29) is 11.8 Å². The maximum atomic E-state index is 13.7. The zero-order chi connectivity index (χ0) is 30.8. The summed E-state index contributed by atoms with van der Waals surface area (Å²) in [5, 5.41) is 16.0. The topological polar surface area (TPSA) is 123 Å². The number of hydrogen-bond donors (Lipinski definition) is 1. The number of carbonyl (C=O) groups excluding carboxylic acids is 2. The molecule has 12 nitrogen and oxygen atoms in total. The molecule has 0 unspecified atom stereocenters. The highest BCUT2D eigenvalue weighted by Gasteiger charge is 2.29. The highest BCUT2D eigenvalue weighted by Crippen LogP contribution is 2.36. The molecule has 0 radical (unpaired) electrons. The van der Waals surface area contributed by atoms with Crippen molar-refractivity contribution in [2.75, 3.05) is 43.5 Å². The Morgan fingerprint density at radius 1 is 1.02 bits per heavy atom. The van der Waals surface area contributed by atoms with Gasteiger partial charge in [0.15, 0.2) is 5.69 Å². The van der Waals surface area contributed by atoms with Crippen molar-refractivity contribution in [1.82, 2.24) is 34.7 Å². The Hall–Kier alpha value is -4.75. The molecule has 1 N–H and O–H groups in total. The number of halogens is 2. The third-order valence-electron chi connectivity index (χ3n) is 7.40. The maximum absolute atomic E-state index is 13.7. The normalized spacial score (nSPS) is 13.2. The van der Waals surface area contributed by atoms with Crippen LogP contribution in [0, 0.1) is 0 Å². The third-order valence-corrected chi connectivity index (χ3v) is 8.36. The van der Waals surface area contributed by atoms with Crippen molar-refractivity contribution in [1.29, 1.82) is 0 Å². The van der Waals surface area contributed by atoms with Gasteiger partial charge in [-0.1, -0.05) is 28.9 Å². The van der Waals surface area contributed by atoms with Gasteiger partial charge in [0.2, 0.25) is 0 Å². The molecule has 14 heteroatoms. The molecule has 0 bridgehead atoms. The minimum Gasteiger partial charge on any atom is -0.496 e. The van der Waals surface area contributed by atoms with E-state index in [0.717, 1.165) is 11.4 Å². The molecule has 1 aliphatic heterocycles. The molecule has 3 aromatic carbocycles. The molecular formula is C30H27BrClN9O3. The van der Waals surface area contributed by atoms with Crippen LogP contribution in [0.3, 0.4) is 0 Å². The van der Waals surface area contributed by atoms with E-state index in [9.17, 15) is 9.59 Å². The lowest BCUT2D eigenvalue weighted by molar-refractivity contribution is 0.0736. The molecule has 0 saturated carbocycles. The van der Waals surface area contributed by atoms with Crippen molar-refractivity contribution in [3.8, 4) is 22.7 Å². The minimum atomic E-state index is -0.268. The first-order chi connectivity index (χ1) is 21.3. The van der Waals surface area contributed by atoms with Gasteiger partial charge >= 0.3 is 0 Å². The summed E-state index contributed by atoms with van der Waals surface area (Å²) >= 11 is 10.2. The lowest BCUT2D eigenvalue weighted by Crippen LogP contribution is -2.49. The van der Waals surface area contributed by atoms with E-state index in [1.165, 1.54) is 11.0 Å². The average molecular weight is 677 g/mol. The first-order valence-electron chi connectivity index (χ1n) is 13.7. The number of aryl methyl sites for hydroxylation is 1. The van der Waals surface area contributed by atoms with E-state index in [2.05, 4.69) is 46.5 Å². The molecule has 1 saturated heterocycles. The quantitative estimate of drug-likeness (QED) is 0.263. The van der Waals surface area contributed by atoms with Crippen LogP contribution in [-0.2, 0) is 7.05 Å². The molecule has 1 fully saturated rings. The van der Waals surface area contributed by atoms with Gasteiger partial charge in [-0.25, -0.2) is 14.3 Å². The highest BCUT2D eigenvalue weighted by atomic mass is 79.9. The Kier molecular flexibility index (Phi) is 8.31. The number of hydrogen-bond acceptors (Lipinski definition) is 8. The van der Waals surface area contributed by atoms with E-state index < -0.39 is 0 Å². The Labute approximate surface area is 266 Å². The number of amides is 2. The Morgan fingerprint density at radius 3 is 2.48 bits per heavy atom. The SMILES string of the molecule is COc1ccccc1-c1nnn(C)c1C(=O)N1CCN(c2cc(NC(=O)c3ccc(-n4cncn4)cc3)c(Br)cc2Cl)CC1. The van der Waals surface area contributed by atoms with Crippen LogP contribution in [0.15, 0.2) is 77.8 Å². The number of carbonyl (C=O) groups is 2. The highest BCUT2D eigenvalue weighted by molar-refractivity contribution is 9.10. The predicted octanol–water partition coefficient (Wildman–Crippen LogP) is 4.70. The van der Waals surface area contributed by atoms with Crippen molar-refractivity contribution in [3.05, 3.63) is 94.1 Å². The second kappa shape index (κ2) is 12.5. The van der Waals surface area contributed by atoms with Crippen molar-refractivity contribution >= 4 is 50.7 Å². The van der Waals surface area contributed by atoms with E-state index in [1.807, 2.05) is 30.3 Å². The summed E-state index contributed by atoms with van der Waals surface area (Å²) in [4.78, 5) is 34.6. The first-order valence-corrected chi connectivity index (χ1v) is 14.8. The smallest absolute Gasteiger partial charge is 0.274 e. The molecule has 6 rings (SSSR count). The minimum absolute atomic E-state index is 0.164. The first kappa shape index (κ1) is 29.3. The van der Waals surface area contributed by atoms with Crippen LogP contribution in [0.4, 0.5) is 11.4 Å². The summed E-state index contributed by atoms with van der Waals surface area (Å²) in [6.07, 6.45) is 3.04. The second-order valence-electron chi connectivity index (χ2n) is 10.0. The number of piperazine rings is 1. The molecule has 3 heterocycles. The van der Waals surface area contributed by atoms with Crippen molar-refractivity contribution in [3.63, 3.8) is 0 Å². The van der Waals surface area contributed by atoms with Crippen LogP contribution in [0.2, 0.25) is 5.02 Å². The lowest BCUT2D eigenvalue weighted by Gasteiger charge is -2.36. The number of ether oxygens (including phenoxy) is 1. The molecule has 5 aromatic rings. The van der Waals surface area contributed by atoms with Crippen molar-refractivity contribution in [2.45, 2.75) is 0 Å². The van der Waals surface area contributed by atoms with Gasteiger partial charge in [0.05, 0.1) is 29.2 Å². The van der Waals surface area contributed by atoms with Gasteiger partial charge in [-0.05, 0) is 64.5 Å². The Bertz CT molecular complexity index is 1820. The second-order valence-corrected chi connectivity index (χ2v) is 11.3. The van der Waals surface area contributed by atoms with Gasteiger partial charge in [0, 0.05) is 48.8 Å². The maximum Gasteiger partial charge on any atom is 0.274 e. The molecule has 0 spiro atoms. The molecule has 2 amide bonds. The van der Waals surface area contributed by atoms with Gasteiger partial charge in [0.25, 0.3) is 11.8 Å². The Morgan fingerprint density at radius 2 is 1.77 bits per heavy atom. The van der Waals surface area contributed by atoms with E-state index in [4.69, 9.17) is 16.3 Å². The summed E-state index contributed by atoms with van der Waals surface area (Å²) in [5.41, 5.74) is 4.19. The fourth-order valence-electron chi connectivity index (χ4n) is 5.10. The van der Waals surface area contributed by atoms with Crippen molar-refractivity contribution < 1.29 is 14.3 Å². The van der Waals surface area contributed by atoms with Crippen LogP contribution in [0.5, 0.6) is 5.75 Å². The fourth-order valence-corrected chi connectivity index (χ4v) is 5.95. The standard InChI is InChI=1S/C30H27BrClN9O3/c1-38-28(27(36-37-38)21-5-3-4-6-26(21)44-2)30(43)40-13-11-39(12-14-40)25-16-24(22(31)15-23(25)32)35-29(42)19-7-9-20(10-8-19)41-18-33-17-34-41/h3-10,15-18H,11-14H2,1-2H3,(H,35,42). The summed E-state index contributed by atoms with van der Waals surface area (Å²) in [6.45, 7) is 2.00. The number of methoxy groups -OCH3 is 1. The van der Waals surface area contributed by atoms with Crippen molar-refractivity contribution in [2.24, 2.45) is 7.05 Å². The average Bonchev–Trinajstić information content (AvgIpc) is 3.72. The van der Waals surface area contributed by atoms with Gasteiger partial charge in [-0.2, -0.15) is 5.10 Å². The summed E-state index contributed by atoms with van der Waals surface area (Å²) in [6, 6.07) is 18.1. The summed E-state index contributed by atoms with van der Waals surface area (Å²) < 4.78 is 9.26. The Balaban J connectivity index is 1.15. The zero-order valence-corrected chi connectivity index (χ0v) is 26.2. The lowest BCUT2D eigenvalue weighted by atomic mass is 10.1. The number of rotatable bonds is 7. The molecule has 224 valence electrons. The van der Waals surface area contributed by atoms with Crippen LogP contribution < -0.4 is 15.0 Å². The number of aromatic nitrogens is 6. The van der Waals surface area contributed by atoms with Gasteiger partial charge in [-0.15, -0.1) is 5.10 Å². The van der Waals surface area contributed by atoms with Gasteiger partial charge in [0.1, 0.15) is 24.1 Å². The van der Waals surface area contributed by atoms with Gasteiger partial charge in [-0.3, -0.25) is 9.59 Å². The van der Waals surface area contributed by atoms with Crippen LogP contribution in [0.1, 0.15) is 20.8 Å². The number of nitrogens with zero attached hydrogens (tertiary/aromatic N) is 8. The van der Waals surface area contributed by atoms with E-state index in [0.29, 0.717) is 69.6 Å². The molecule has 0 aliphatic carbocycles. The van der Waals surface area contributed by atoms with E-state index in [1.54, 1.807) is 60.4 Å². The molecule has 2 aromatic heterocycles. The fraction of sp³-hybridized carbons (Fsp3) is 0.200. The zero-order valence-electron chi connectivity index (χ0n) is 23.8. The molecular weight excluding hydrogens is 650 g/mol. The van der Waals surface area contributed by atoms with Crippen LogP contribution >= 0.6 is 27.5 Å². The van der Waals surface area contributed by atoms with E-state index >= 15 is 0 Å². The monoisotopic (exact) mass is 675 g/mol. The summed E-state index contributed by atoms with van der Waals surface area (Å²) in [5.74, 6) is 0.182. The molecule has 0 atom stereocenters.